The Bertz CT molecular complexity index is 2070. The predicted octanol–water partition coefficient (Wildman–Crippen LogP) is 2.84. The fourth-order valence-corrected chi connectivity index (χ4v) is 5.99. The van der Waals surface area contributed by atoms with E-state index < -0.39 is 27.1 Å². The molecule has 0 bridgehead atoms. The first-order valence-corrected chi connectivity index (χ1v) is 14.3. The number of fused-ring (bicyclic) bond motifs is 1. The molecule has 0 amide bonds. The standard InChI is InChI=1S/C28H26FN7O4S/c1-17-23(16-34(2)32-17)41(39,40)33-21-11-9-18(10-12-21)13-24-30-25-26(31-24)35(14-19-7-8-19)28(38)36(27(25)37)15-20-5-3-4-6-22(20)29/h3-7,9-12,16,33H,8,13-15H2,1-2H3,(H,30,31). The zero-order valence-corrected chi connectivity index (χ0v) is 23.1. The van der Waals surface area contributed by atoms with E-state index in [2.05, 4.69) is 19.8 Å². The maximum absolute atomic E-state index is 14.3. The monoisotopic (exact) mass is 575 g/mol. The summed E-state index contributed by atoms with van der Waals surface area (Å²) in [6.45, 7) is 1.72. The second-order valence-corrected chi connectivity index (χ2v) is 11.7. The maximum Gasteiger partial charge on any atom is 0.333 e. The average Bonchev–Trinajstić information content (AvgIpc) is 3.55. The number of benzene rings is 2. The lowest BCUT2D eigenvalue weighted by atomic mass is 10.1. The Morgan fingerprint density at radius 1 is 1.05 bits per heavy atom. The van der Waals surface area contributed by atoms with Crippen LogP contribution in [0.15, 0.2) is 80.9 Å². The predicted molar refractivity (Wildman–Crippen MR) is 151 cm³/mol. The van der Waals surface area contributed by atoms with Crippen molar-refractivity contribution in [3.05, 3.63) is 116 Å². The molecule has 13 heteroatoms. The number of aromatic amines is 1. The number of nitrogens with zero attached hydrogens (tertiary/aromatic N) is 5. The van der Waals surface area contributed by atoms with E-state index >= 15 is 0 Å². The van der Waals surface area contributed by atoms with E-state index in [-0.39, 0.29) is 28.2 Å². The Hall–Kier alpha value is -4.78. The molecule has 0 unspecified atom stereocenters. The summed E-state index contributed by atoms with van der Waals surface area (Å²) in [6.07, 6.45) is 4.52. The number of anilines is 1. The van der Waals surface area contributed by atoms with Crippen LogP contribution >= 0.6 is 0 Å². The van der Waals surface area contributed by atoms with Gasteiger partial charge in [-0.15, -0.1) is 0 Å². The Morgan fingerprint density at radius 2 is 1.78 bits per heavy atom. The second-order valence-electron chi connectivity index (χ2n) is 10.0. The molecule has 0 saturated carbocycles. The summed E-state index contributed by atoms with van der Waals surface area (Å²) in [5, 5.41) is 4.09. The molecule has 5 aromatic rings. The Balaban J connectivity index is 1.30. The van der Waals surface area contributed by atoms with E-state index in [9.17, 15) is 22.4 Å². The molecule has 2 aromatic carbocycles. The third kappa shape index (κ3) is 5.23. The van der Waals surface area contributed by atoms with Crippen molar-refractivity contribution >= 4 is 26.9 Å². The van der Waals surface area contributed by atoms with Crippen molar-refractivity contribution in [2.24, 2.45) is 7.05 Å². The molecule has 3 aromatic heterocycles. The zero-order chi connectivity index (χ0) is 28.9. The van der Waals surface area contributed by atoms with E-state index in [0.717, 1.165) is 22.1 Å². The number of aromatic nitrogens is 6. The minimum atomic E-state index is -3.81. The summed E-state index contributed by atoms with van der Waals surface area (Å²) < 4.78 is 46.4. The first-order chi connectivity index (χ1) is 19.6. The van der Waals surface area contributed by atoms with E-state index in [1.54, 1.807) is 56.4 Å². The highest BCUT2D eigenvalue weighted by Crippen LogP contribution is 2.22. The van der Waals surface area contributed by atoms with E-state index in [4.69, 9.17) is 0 Å². The molecule has 2 N–H and O–H groups in total. The van der Waals surface area contributed by atoms with Gasteiger partial charge in [0.25, 0.3) is 15.6 Å². The summed E-state index contributed by atoms with van der Waals surface area (Å²) in [5.74, 6) is -0.0417. The van der Waals surface area contributed by atoms with E-state index in [1.165, 1.54) is 21.5 Å². The fourth-order valence-electron chi connectivity index (χ4n) is 4.72. The molecule has 1 aliphatic carbocycles. The van der Waals surface area contributed by atoms with E-state index in [1.807, 2.05) is 6.08 Å². The molecule has 210 valence electrons. The van der Waals surface area contributed by atoms with Crippen molar-refractivity contribution in [1.82, 2.24) is 28.9 Å². The van der Waals surface area contributed by atoms with Gasteiger partial charge in [0.2, 0.25) is 0 Å². The zero-order valence-electron chi connectivity index (χ0n) is 22.3. The Morgan fingerprint density at radius 3 is 2.44 bits per heavy atom. The fraction of sp³-hybridized carbons (Fsp3) is 0.214. The Labute approximate surface area is 233 Å². The highest BCUT2D eigenvalue weighted by Gasteiger charge is 2.22. The number of sulfonamides is 1. The van der Waals surface area contributed by atoms with Crippen molar-refractivity contribution in [1.29, 1.82) is 0 Å². The van der Waals surface area contributed by atoms with Crippen molar-refractivity contribution in [2.75, 3.05) is 4.72 Å². The van der Waals surface area contributed by atoms with Crippen LogP contribution in [0.5, 0.6) is 0 Å². The van der Waals surface area contributed by atoms with Crippen LogP contribution in [0.25, 0.3) is 11.2 Å². The van der Waals surface area contributed by atoms with Crippen LogP contribution in [0, 0.1) is 12.7 Å². The summed E-state index contributed by atoms with van der Waals surface area (Å²) in [6, 6.07) is 12.8. The lowest BCUT2D eigenvalue weighted by Gasteiger charge is -2.10. The molecule has 11 nitrogen and oxygen atoms in total. The molecule has 41 heavy (non-hydrogen) atoms. The Kier molecular flexibility index (Phi) is 6.45. The van der Waals surface area contributed by atoms with Gasteiger partial charge in [0.1, 0.15) is 22.1 Å². The van der Waals surface area contributed by atoms with E-state index in [0.29, 0.717) is 30.2 Å². The van der Waals surface area contributed by atoms with Crippen LogP contribution in [0.4, 0.5) is 10.1 Å². The van der Waals surface area contributed by atoms with Crippen LogP contribution in [0.1, 0.15) is 29.1 Å². The summed E-state index contributed by atoms with van der Waals surface area (Å²) >= 11 is 0. The topological polar surface area (TPSA) is 137 Å². The molecule has 3 heterocycles. The maximum atomic E-state index is 14.3. The molecule has 1 aliphatic rings. The summed E-state index contributed by atoms with van der Waals surface area (Å²) in [7, 11) is -2.16. The van der Waals surface area contributed by atoms with Gasteiger partial charge in [-0.2, -0.15) is 5.10 Å². The third-order valence-electron chi connectivity index (χ3n) is 6.89. The van der Waals surface area contributed by atoms with Crippen molar-refractivity contribution < 1.29 is 12.8 Å². The number of hydrogen-bond acceptors (Lipinski definition) is 6. The summed E-state index contributed by atoms with van der Waals surface area (Å²) in [5.41, 5.74) is 2.12. The number of nitrogens with one attached hydrogen (secondary N) is 2. The number of aryl methyl sites for hydroxylation is 2. The highest BCUT2D eigenvalue weighted by molar-refractivity contribution is 7.92. The van der Waals surface area contributed by atoms with Crippen LogP contribution in [-0.2, 0) is 36.6 Å². The molecule has 0 radical (unpaired) electrons. The number of hydrogen-bond donors (Lipinski definition) is 2. The molecule has 6 rings (SSSR count). The minimum absolute atomic E-state index is 0.0972. The van der Waals surface area contributed by atoms with Crippen LogP contribution < -0.4 is 16.0 Å². The second kappa shape index (κ2) is 10.0. The number of rotatable bonds is 9. The lowest BCUT2D eigenvalue weighted by molar-refractivity contribution is 0.577. The quantitative estimate of drug-likeness (QED) is 0.260. The molecule has 0 fully saturated rings. The van der Waals surface area contributed by atoms with Crippen molar-refractivity contribution in [2.45, 2.75) is 37.8 Å². The number of imidazole rings is 1. The SMILES string of the molecule is Cc1nn(C)cc1S(=O)(=O)Nc1ccc(Cc2nc3c([nH]2)c(=O)n(Cc2ccccc2F)c(=O)n3CC2=CC2)cc1. The van der Waals surface area contributed by atoms with Gasteiger partial charge in [-0.25, -0.2) is 22.6 Å². The molecular formula is C28H26FN7O4S. The van der Waals surface area contributed by atoms with Crippen molar-refractivity contribution in [3.8, 4) is 0 Å². The van der Waals surface area contributed by atoms with Gasteiger partial charge in [-0.1, -0.05) is 42.0 Å². The first kappa shape index (κ1) is 26.4. The van der Waals surface area contributed by atoms with Gasteiger partial charge in [0.15, 0.2) is 5.65 Å². The number of halogens is 1. The largest absolute Gasteiger partial charge is 0.336 e. The van der Waals surface area contributed by atoms with Gasteiger partial charge in [0, 0.05) is 30.9 Å². The summed E-state index contributed by atoms with van der Waals surface area (Å²) in [4.78, 5) is 34.5. The van der Waals surface area contributed by atoms with Gasteiger partial charge in [-0.3, -0.25) is 23.3 Å². The van der Waals surface area contributed by atoms with Gasteiger partial charge >= 0.3 is 5.69 Å². The number of H-pyrrole nitrogens is 1. The molecule has 0 saturated heterocycles. The smallest absolute Gasteiger partial charge is 0.333 e. The molecule has 0 atom stereocenters. The van der Waals surface area contributed by atoms with Gasteiger partial charge in [0.05, 0.1) is 18.8 Å². The average molecular weight is 576 g/mol. The lowest BCUT2D eigenvalue weighted by Crippen LogP contribution is -2.40. The highest BCUT2D eigenvalue weighted by atomic mass is 32.2. The minimum Gasteiger partial charge on any atom is -0.336 e. The van der Waals surface area contributed by atoms with Crippen LogP contribution in [0.3, 0.4) is 0 Å². The van der Waals surface area contributed by atoms with Crippen LogP contribution in [-0.4, -0.2) is 37.3 Å². The van der Waals surface area contributed by atoms with Crippen LogP contribution in [0.2, 0.25) is 0 Å². The van der Waals surface area contributed by atoms with Crippen molar-refractivity contribution in [3.63, 3.8) is 0 Å². The van der Waals surface area contributed by atoms with Gasteiger partial charge in [-0.05, 0) is 37.1 Å². The first-order valence-electron chi connectivity index (χ1n) is 12.8. The molecule has 0 aliphatic heterocycles. The number of allylic oxidation sites excluding steroid dienone is 2. The van der Waals surface area contributed by atoms with Gasteiger partial charge < -0.3 is 4.98 Å². The normalized spacial score (nSPS) is 13.0. The third-order valence-corrected chi connectivity index (χ3v) is 8.37. The molecule has 0 spiro atoms. The molecular weight excluding hydrogens is 549 g/mol.